The molecule has 0 unspecified atom stereocenters. The van der Waals surface area contributed by atoms with Gasteiger partial charge in [-0.25, -0.2) is 4.98 Å². The number of phenolic OH excluding ortho intramolecular Hbond substituents is 1. The summed E-state index contributed by atoms with van der Waals surface area (Å²) in [5.74, 6) is 0.914. The molecule has 4 nitrogen and oxygen atoms in total. The molecule has 2 heterocycles. The second kappa shape index (κ2) is 19.5. The third kappa shape index (κ3) is 10.7. The van der Waals surface area contributed by atoms with Crippen molar-refractivity contribution in [2.24, 2.45) is 0 Å². The van der Waals surface area contributed by atoms with Crippen LogP contribution >= 0.6 is 0 Å². The summed E-state index contributed by atoms with van der Waals surface area (Å²) in [6.07, 6.45) is 1.91. The van der Waals surface area contributed by atoms with E-state index in [0.29, 0.717) is 11.4 Å². The predicted octanol–water partition coefficient (Wildman–Crippen LogP) is 18.4. The molecule has 0 radical (unpaired) electrons. The molecule has 0 saturated carbocycles. The van der Waals surface area contributed by atoms with Crippen LogP contribution < -0.4 is 0 Å². The van der Waals surface area contributed by atoms with Gasteiger partial charge in [0, 0.05) is 44.1 Å². The second-order valence-electron chi connectivity index (χ2n) is 25.0. The molecule has 0 spiro atoms. The van der Waals surface area contributed by atoms with Crippen molar-refractivity contribution in [3.63, 3.8) is 0 Å². The van der Waals surface area contributed by atoms with Crippen molar-refractivity contribution >= 4 is 11.0 Å². The van der Waals surface area contributed by atoms with E-state index in [2.05, 4.69) is 266 Å². The Morgan fingerprint density at radius 2 is 0.986 bits per heavy atom. The summed E-state index contributed by atoms with van der Waals surface area (Å²) in [5.41, 5.74) is 18.7. The summed E-state index contributed by atoms with van der Waals surface area (Å²) in [7, 11) is 0. The van der Waals surface area contributed by atoms with E-state index in [1.54, 1.807) is 0 Å². The number of rotatable bonds is 7. The molecule has 0 saturated heterocycles. The molecule has 0 aliphatic heterocycles. The first-order valence-electron chi connectivity index (χ1n) is 25.6. The van der Waals surface area contributed by atoms with Crippen LogP contribution in [0.3, 0.4) is 0 Å². The summed E-state index contributed by atoms with van der Waals surface area (Å²) >= 11 is 0. The van der Waals surface area contributed by atoms with Gasteiger partial charge in [-0.15, -0.1) is 29.3 Å². The maximum Gasteiger partial charge on any atom is 0.148 e. The van der Waals surface area contributed by atoms with Crippen molar-refractivity contribution in [3.05, 3.63) is 192 Å². The van der Waals surface area contributed by atoms with Crippen LogP contribution in [0.4, 0.5) is 0 Å². The van der Waals surface area contributed by atoms with Crippen molar-refractivity contribution in [1.29, 1.82) is 0 Å². The van der Waals surface area contributed by atoms with Crippen LogP contribution in [0.5, 0.6) is 5.75 Å². The Balaban J connectivity index is 0.00000711. The van der Waals surface area contributed by atoms with Crippen molar-refractivity contribution < 1.29 is 26.2 Å². The molecule has 0 amide bonds. The fraction of sp³-hybridized carbons (Fsp3) is 0.294. The number of phenols is 1. The van der Waals surface area contributed by atoms with Crippen molar-refractivity contribution in [2.45, 2.75) is 131 Å². The number of hydrogen-bond donors (Lipinski definition) is 1. The van der Waals surface area contributed by atoms with Gasteiger partial charge in [0.05, 0.1) is 22.3 Å². The average molecular weight is 1140 g/mol. The van der Waals surface area contributed by atoms with Gasteiger partial charge in [-0.1, -0.05) is 224 Å². The standard InChI is InChI=1S/C68H72N3O.Pt/c1-64(2,3)49-31-29-43(30-32-49)46-33-34-69-58(38-46)48-35-47(36-50(37-48)65(4,5)6)52-27-22-28-59-61(52)70-63(55-39-51(66(7,8)9)40-57(62(55)72)68(13,14)15)71(59)60-42-53(44-23-18-16-19-24-44)56(67(10,11)12)41-54(60)45-25-20-17-21-26-45;/h16-34,36-42,72H,1-15H3;/q-1;. The van der Waals surface area contributed by atoms with Crippen LogP contribution in [0.1, 0.15) is 132 Å². The number of imidazole rings is 1. The second-order valence-corrected chi connectivity index (χ2v) is 25.0. The van der Waals surface area contributed by atoms with Crippen LogP contribution in [0, 0.1) is 6.07 Å². The molecular weight excluding hydrogens is 1070 g/mol. The molecular formula is C68H72N3OPt-. The summed E-state index contributed by atoms with van der Waals surface area (Å²) in [5, 5.41) is 12.8. The zero-order valence-electron chi connectivity index (χ0n) is 45.6. The molecule has 0 aliphatic rings. The minimum atomic E-state index is -0.355. The van der Waals surface area contributed by atoms with Gasteiger partial charge in [0.15, 0.2) is 0 Å². The largest absolute Gasteiger partial charge is 0.507 e. The van der Waals surface area contributed by atoms with Crippen molar-refractivity contribution in [1.82, 2.24) is 14.5 Å². The first-order valence-corrected chi connectivity index (χ1v) is 25.6. The van der Waals surface area contributed by atoms with Gasteiger partial charge in [0.25, 0.3) is 0 Å². The third-order valence-electron chi connectivity index (χ3n) is 14.2. The number of hydrogen-bond acceptors (Lipinski definition) is 3. The molecule has 0 bridgehead atoms. The van der Waals surface area contributed by atoms with Gasteiger partial charge in [-0.2, -0.15) is 0 Å². The number of aromatic hydroxyl groups is 1. The van der Waals surface area contributed by atoms with E-state index in [1.165, 1.54) is 16.7 Å². The van der Waals surface area contributed by atoms with Gasteiger partial charge in [0.2, 0.25) is 0 Å². The van der Waals surface area contributed by atoms with Crippen molar-refractivity contribution in [3.8, 4) is 78.6 Å². The zero-order chi connectivity index (χ0) is 51.7. The number of fused-ring (bicyclic) bond motifs is 1. The molecule has 2 aromatic heterocycles. The first kappa shape index (κ1) is 53.0. The summed E-state index contributed by atoms with van der Waals surface area (Å²) in [6, 6.07) is 58.7. The van der Waals surface area contributed by atoms with E-state index in [1.807, 2.05) is 6.20 Å². The number of benzene rings is 7. The average Bonchev–Trinajstić information content (AvgIpc) is 3.72. The molecule has 5 heteroatoms. The van der Waals surface area contributed by atoms with E-state index in [0.717, 1.165) is 83.6 Å². The summed E-state index contributed by atoms with van der Waals surface area (Å²) in [4.78, 5) is 10.8. The van der Waals surface area contributed by atoms with Gasteiger partial charge in [-0.05, 0) is 102 Å². The minimum absolute atomic E-state index is 0. The fourth-order valence-electron chi connectivity index (χ4n) is 9.86. The zero-order valence-corrected chi connectivity index (χ0v) is 47.9. The van der Waals surface area contributed by atoms with E-state index < -0.39 is 0 Å². The van der Waals surface area contributed by atoms with Crippen molar-refractivity contribution in [2.75, 3.05) is 0 Å². The smallest absolute Gasteiger partial charge is 0.148 e. The van der Waals surface area contributed by atoms with Crippen LogP contribution in [-0.2, 0) is 48.1 Å². The fourth-order valence-corrected chi connectivity index (χ4v) is 9.86. The summed E-state index contributed by atoms with van der Waals surface area (Å²) in [6.45, 7) is 33.7. The normalized spacial score (nSPS) is 12.5. The molecule has 0 atom stereocenters. The van der Waals surface area contributed by atoms with E-state index in [-0.39, 0.29) is 53.9 Å². The molecule has 9 aromatic rings. The topological polar surface area (TPSA) is 50.9 Å². The predicted molar refractivity (Wildman–Crippen MR) is 305 cm³/mol. The molecule has 9 rings (SSSR count). The Labute approximate surface area is 450 Å². The molecule has 0 fully saturated rings. The van der Waals surface area contributed by atoms with Gasteiger partial charge in [-0.3, -0.25) is 9.55 Å². The Bertz CT molecular complexity index is 3460. The number of aromatic nitrogens is 3. The number of pyridine rings is 1. The number of nitrogens with zero attached hydrogens (tertiary/aromatic N) is 3. The Morgan fingerprint density at radius 3 is 1.56 bits per heavy atom. The Morgan fingerprint density at radius 1 is 0.425 bits per heavy atom. The van der Waals surface area contributed by atoms with E-state index in [9.17, 15) is 5.11 Å². The Kier molecular flexibility index (Phi) is 14.1. The minimum Gasteiger partial charge on any atom is -0.507 e. The molecule has 7 aromatic carbocycles. The molecule has 376 valence electrons. The maximum absolute atomic E-state index is 12.8. The molecule has 73 heavy (non-hydrogen) atoms. The Hall–Kier alpha value is -6.35. The van der Waals surface area contributed by atoms with Gasteiger partial charge < -0.3 is 5.11 Å². The van der Waals surface area contributed by atoms with Gasteiger partial charge in [0.1, 0.15) is 11.6 Å². The van der Waals surface area contributed by atoms with Gasteiger partial charge >= 0.3 is 0 Å². The number of para-hydroxylation sites is 1. The van der Waals surface area contributed by atoms with E-state index >= 15 is 0 Å². The first-order chi connectivity index (χ1) is 33.8. The SMILES string of the molecule is CC(C)(C)c1ccc(-c2ccnc(-c3[c-]c(-c4cccc5c4nc(-c4cc(C(C)(C)C)cc(C(C)(C)C)c4O)n5-c4cc(-c5ccccc5)c(C(C)(C)C)cc4-c4ccccc4)cc(C(C)(C)C)c3)c2)cc1.[Pt]. The molecule has 0 aliphatic carbocycles. The van der Waals surface area contributed by atoms with Crippen LogP contribution in [-0.4, -0.2) is 19.6 Å². The maximum atomic E-state index is 12.8. The van der Waals surface area contributed by atoms with Crippen LogP contribution in [0.2, 0.25) is 0 Å². The summed E-state index contributed by atoms with van der Waals surface area (Å²) < 4.78 is 2.32. The molecule has 1 N–H and O–H groups in total. The van der Waals surface area contributed by atoms with Crippen LogP contribution in [0.25, 0.3) is 83.9 Å². The third-order valence-corrected chi connectivity index (χ3v) is 14.2. The van der Waals surface area contributed by atoms with Crippen LogP contribution in [0.15, 0.2) is 158 Å². The van der Waals surface area contributed by atoms with E-state index in [4.69, 9.17) is 9.97 Å². The quantitative estimate of drug-likeness (QED) is 0.162. The monoisotopic (exact) mass is 1140 g/mol.